The van der Waals surface area contributed by atoms with Gasteiger partial charge in [0.1, 0.15) is 5.71 Å². The highest BCUT2D eigenvalue weighted by Crippen LogP contribution is 2.22. The van der Waals surface area contributed by atoms with Crippen molar-refractivity contribution in [3.63, 3.8) is 0 Å². The molecule has 2 amide bonds. The second-order valence-electron chi connectivity index (χ2n) is 6.36. The van der Waals surface area contributed by atoms with E-state index in [1.54, 1.807) is 0 Å². The molecule has 1 aliphatic rings. The summed E-state index contributed by atoms with van der Waals surface area (Å²) in [6, 6.07) is 13.4. The number of nitrogens with zero attached hydrogens (tertiary/aromatic N) is 2. The number of amides is 2. The fraction of sp³-hybridized carbons (Fsp3) is 0.250. The number of hydrogen-bond acceptors (Lipinski definition) is 3. The Morgan fingerprint density at radius 2 is 1.68 bits per heavy atom. The zero-order valence-corrected chi connectivity index (χ0v) is 14.7. The van der Waals surface area contributed by atoms with Gasteiger partial charge in [-0.1, -0.05) is 35.4 Å². The van der Waals surface area contributed by atoms with Crippen molar-refractivity contribution in [3.8, 4) is 0 Å². The van der Waals surface area contributed by atoms with E-state index in [2.05, 4.69) is 10.4 Å². The van der Waals surface area contributed by atoms with Gasteiger partial charge in [0.15, 0.2) is 0 Å². The van der Waals surface area contributed by atoms with Gasteiger partial charge >= 0.3 is 0 Å². The summed E-state index contributed by atoms with van der Waals surface area (Å²) in [6.07, 6.45) is 0.616. The lowest BCUT2D eigenvalue weighted by atomic mass is 10.1. The molecule has 128 valence electrons. The first-order valence-corrected chi connectivity index (χ1v) is 8.30. The molecule has 0 unspecified atom stereocenters. The van der Waals surface area contributed by atoms with Gasteiger partial charge < -0.3 is 5.32 Å². The van der Waals surface area contributed by atoms with Crippen LogP contribution < -0.4 is 10.3 Å². The number of nitrogens with one attached hydrogen (secondary N) is 1. The first kappa shape index (κ1) is 16.9. The van der Waals surface area contributed by atoms with Crippen molar-refractivity contribution >= 4 is 28.9 Å². The van der Waals surface area contributed by atoms with E-state index in [0.717, 1.165) is 22.4 Å². The molecule has 0 radical (unpaired) electrons. The summed E-state index contributed by atoms with van der Waals surface area (Å²) in [6.45, 7) is 5.94. The zero-order chi connectivity index (χ0) is 18.0. The highest BCUT2D eigenvalue weighted by Gasteiger charge is 2.25. The van der Waals surface area contributed by atoms with Crippen molar-refractivity contribution in [2.24, 2.45) is 5.10 Å². The van der Waals surface area contributed by atoms with Crippen LogP contribution in [0.15, 0.2) is 47.6 Å². The Balaban J connectivity index is 1.83. The second kappa shape index (κ2) is 6.89. The number of rotatable bonds is 3. The molecule has 0 fully saturated rings. The van der Waals surface area contributed by atoms with Gasteiger partial charge in [-0.25, -0.2) is 5.01 Å². The summed E-state index contributed by atoms with van der Waals surface area (Å²) >= 11 is 0. The molecular weight excluding hydrogens is 314 g/mol. The maximum atomic E-state index is 12.6. The van der Waals surface area contributed by atoms with Gasteiger partial charge in [0.05, 0.1) is 5.69 Å². The first-order chi connectivity index (χ1) is 11.9. The fourth-order valence-corrected chi connectivity index (χ4v) is 2.75. The minimum Gasteiger partial charge on any atom is -0.321 e. The molecule has 0 spiro atoms. The van der Waals surface area contributed by atoms with Crippen molar-refractivity contribution in [2.75, 3.05) is 10.3 Å². The Morgan fingerprint density at radius 1 is 1.00 bits per heavy atom. The molecule has 2 aromatic carbocycles. The number of aryl methyl sites for hydroxylation is 3. The summed E-state index contributed by atoms with van der Waals surface area (Å²) < 4.78 is 0. The molecule has 5 nitrogen and oxygen atoms in total. The van der Waals surface area contributed by atoms with Crippen molar-refractivity contribution in [1.82, 2.24) is 0 Å². The minimum absolute atomic E-state index is 0.105. The van der Waals surface area contributed by atoms with Crippen LogP contribution in [0.1, 0.15) is 29.5 Å². The SMILES string of the molecule is Cc1ccc(N2N=C(C(=O)Nc3ccc(C)cc3C)CCC2=O)cc1. The molecule has 0 saturated carbocycles. The van der Waals surface area contributed by atoms with Crippen LogP contribution in [0.4, 0.5) is 11.4 Å². The van der Waals surface area contributed by atoms with Crippen molar-refractivity contribution in [3.05, 3.63) is 59.2 Å². The smallest absolute Gasteiger partial charge is 0.271 e. The van der Waals surface area contributed by atoms with Crippen LogP contribution in [0, 0.1) is 20.8 Å². The van der Waals surface area contributed by atoms with E-state index in [1.165, 1.54) is 5.01 Å². The van der Waals surface area contributed by atoms with Gasteiger partial charge in [-0.2, -0.15) is 5.10 Å². The predicted molar refractivity (Wildman–Crippen MR) is 99.9 cm³/mol. The van der Waals surface area contributed by atoms with Gasteiger partial charge in [-0.15, -0.1) is 0 Å². The Kier molecular flexibility index (Phi) is 4.65. The van der Waals surface area contributed by atoms with Gasteiger partial charge in [0, 0.05) is 18.5 Å². The molecule has 0 atom stereocenters. The number of hydrogen-bond donors (Lipinski definition) is 1. The number of carbonyl (C=O) groups is 2. The second-order valence-corrected chi connectivity index (χ2v) is 6.36. The average Bonchev–Trinajstić information content (AvgIpc) is 2.58. The van der Waals surface area contributed by atoms with Gasteiger partial charge in [-0.3, -0.25) is 9.59 Å². The van der Waals surface area contributed by atoms with E-state index in [1.807, 2.05) is 63.2 Å². The normalized spacial score (nSPS) is 14.3. The topological polar surface area (TPSA) is 61.8 Å². The Labute approximate surface area is 147 Å². The van der Waals surface area contributed by atoms with Crippen LogP contribution in [-0.2, 0) is 9.59 Å². The minimum atomic E-state index is -0.267. The molecule has 0 bridgehead atoms. The Hall–Kier alpha value is -2.95. The molecule has 3 rings (SSSR count). The van der Waals surface area contributed by atoms with Crippen molar-refractivity contribution < 1.29 is 9.59 Å². The summed E-state index contributed by atoms with van der Waals surface area (Å²) in [5.74, 6) is -0.372. The molecule has 0 aromatic heterocycles. The summed E-state index contributed by atoms with van der Waals surface area (Å²) in [4.78, 5) is 24.7. The number of anilines is 2. The summed E-state index contributed by atoms with van der Waals surface area (Å²) in [5, 5.41) is 8.51. The van der Waals surface area contributed by atoms with Crippen LogP contribution in [0.25, 0.3) is 0 Å². The van der Waals surface area contributed by atoms with Gasteiger partial charge in [0.2, 0.25) is 5.91 Å². The molecule has 25 heavy (non-hydrogen) atoms. The third-order valence-corrected chi connectivity index (χ3v) is 4.20. The van der Waals surface area contributed by atoms with E-state index in [0.29, 0.717) is 17.8 Å². The summed E-state index contributed by atoms with van der Waals surface area (Å²) in [5.41, 5.74) is 5.03. The largest absolute Gasteiger partial charge is 0.321 e. The number of hydrazone groups is 1. The Morgan fingerprint density at radius 3 is 2.36 bits per heavy atom. The van der Waals surface area contributed by atoms with E-state index in [-0.39, 0.29) is 18.2 Å². The molecule has 0 saturated heterocycles. The van der Waals surface area contributed by atoms with Gasteiger partial charge in [0.25, 0.3) is 5.91 Å². The van der Waals surface area contributed by atoms with Crippen LogP contribution >= 0.6 is 0 Å². The number of carbonyl (C=O) groups excluding carboxylic acids is 2. The molecule has 1 aliphatic heterocycles. The standard InChI is InChI=1S/C20H21N3O2/c1-13-4-7-16(8-5-13)23-19(24)11-10-18(22-23)20(25)21-17-9-6-14(2)12-15(17)3/h4-9,12H,10-11H2,1-3H3,(H,21,25). The van der Waals surface area contributed by atoms with E-state index in [4.69, 9.17) is 0 Å². The van der Waals surface area contributed by atoms with E-state index in [9.17, 15) is 9.59 Å². The lowest BCUT2D eigenvalue weighted by Crippen LogP contribution is -2.36. The molecule has 2 aromatic rings. The molecule has 0 aliphatic carbocycles. The Bertz CT molecular complexity index is 854. The van der Waals surface area contributed by atoms with Crippen LogP contribution in [0.3, 0.4) is 0 Å². The quantitative estimate of drug-likeness (QED) is 0.929. The molecule has 1 heterocycles. The molecule has 5 heteroatoms. The monoisotopic (exact) mass is 335 g/mol. The zero-order valence-electron chi connectivity index (χ0n) is 14.7. The highest BCUT2D eigenvalue weighted by atomic mass is 16.2. The molecule has 1 N–H and O–H groups in total. The summed E-state index contributed by atoms with van der Waals surface area (Å²) in [7, 11) is 0. The van der Waals surface area contributed by atoms with Crippen molar-refractivity contribution in [1.29, 1.82) is 0 Å². The first-order valence-electron chi connectivity index (χ1n) is 8.30. The third kappa shape index (κ3) is 3.76. The van der Waals surface area contributed by atoms with E-state index < -0.39 is 0 Å². The molecular formula is C20H21N3O2. The average molecular weight is 335 g/mol. The van der Waals surface area contributed by atoms with Gasteiger partial charge in [-0.05, 0) is 44.5 Å². The lowest BCUT2D eigenvalue weighted by molar-refractivity contribution is -0.118. The third-order valence-electron chi connectivity index (χ3n) is 4.20. The number of benzene rings is 2. The van der Waals surface area contributed by atoms with E-state index >= 15 is 0 Å². The van der Waals surface area contributed by atoms with Crippen molar-refractivity contribution in [2.45, 2.75) is 33.6 Å². The fourth-order valence-electron chi connectivity index (χ4n) is 2.75. The lowest BCUT2D eigenvalue weighted by Gasteiger charge is -2.23. The van der Waals surface area contributed by atoms with Crippen LogP contribution in [0.5, 0.6) is 0 Å². The maximum Gasteiger partial charge on any atom is 0.271 e. The van der Waals surface area contributed by atoms with Crippen LogP contribution in [0.2, 0.25) is 0 Å². The van der Waals surface area contributed by atoms with Crippen LogP contribution in [-0.4, -0.2) is 17.5 Å². The predicted octanol–water partition coefficient (Wildman–Crippen LogP) is 3.73. The highest BCUT2D eigenvalue weighted by molar-refractivity contribution is 6.44. The maximum absolute atomic E-state index is 12.6.